The molecule has 2 aromatic carbocycles. The summed E-state index contributed by atoms with van der Waals surface area (Å²) in [5.41, 5.74) is 2.54. The SMILES string of the molecule is CC(=O)Nc1ccc(/C=C(/C#N)C(=O)NCCc2ccccc2)cc1. The molecule has 0 bridgehead atoms. The van der Waals surface area contributed by atoms with Crippen LogP contribution in [0.4, 0.5) is 5.69 Å². The minimum Gasteiger partial charge on any atom is -0.351 e. The van der Waals surface area contributed by atoms with Crippen LogP contribution < -0.4 is 10.6 Å². The zero-order chi connectivity index (χ0) is 18.1. The predicted octanol–water partition coefficient (Wildman–Crippen LogP) is 2.91. The number of nitrogens with one attached hydrogen (secondary N) is 2. The first-order valence-corrected chi connectivity index (χ1v) is 7.90. The molecule has 0 radical (unpaired) electrons. The Labute approximate surface area is 147 Å². The summed E-state index contributed by atoms with van der Waals surface area (Å²) < 4.78 is 0. The van der Waals surface area contributed by atoms with Gasteiger partial charge >= 0.3 is 0 Å². The van der Waals surface area contributed by atoms with Gasteiger partial charge in [-0.25, -0.2) is 0 Å². The Morgan fingerprint density at radius 1 is 1.08 bits per heavy atom. The zero-order valence-electron chi connectivity index (χ0n) is 14.0. The average Bonchev–Trinajstić information content (AvgIpc) is 2.61. The molecule has 0 aliphatic carbocycles. The molecule has 0 aromatic heterocycles. The van der Waals surface area contributed by atoms with Gasteiger partial charge in [0.25, 0.3) is 5.91 Å². The van der Waals surface area contributed by atoms with Crippen LogP contribution in [0.2, 0.25) is 0 Å². The normalized spacial score (nSPS) is 10.6. The van der Waals surface area contributed by atoms with Gasteiger partial charge in [0, 0.05) is 19.2 Å². The Morgan fingerprint density at radius 3 is 2.36 bits per heavy atom. The van der Waals surface area contributed by atoms with Crippen molar-refractivity contribution < 1.29 is 9.59 Å². The van der Waals surface area contributed by atoms with Crippen LogP contribution in [0.15, 0.2) is 60.2 Å². The van der Waals surface area contributed by atoms with Crippen molar-refractivity contribution in [1.82, 2.24) is 5.32 Å². The minimum absolute atomic E-state index is 0.0420. The Balaban J connectivity index is 1.95. The Kier molecular flexibility index (Phi) is 6.49. The fourth-order valence-electron chi connectivity index (χ4n) is 2.24. The monoisotopic (exact) mass is 333 g/mol. The molecule has 2 N–H and O–H groups in total. The number of hydrogen-bond donors (Lipinski definition) is 2. The number of rotatable bonds is 6. The second kappa shape index (κ2) is 9.04. The third-order valence-corrected chi connectivity index (χ3v) is 3.45. The van der Waals surface area contributed by atoms with Gasteiger partial charge in [0.2, 0.25) is 5.91 Å². The van der Waals surface area contributed by atoms with E-state index in [2.05, 4.69) is 10.6 Å². The van der Waals surface area contributed by atoms with Crippen LogP contribution in [0.1, 0.15) is 18.1 Å². The first kappa shape index (κ1) is 18.0. The van der Waals surface area contributed by atoms with Gasteiger partial charge in [-0.3, -0.25) is 9.59 Å². The quantitative estimate of drug-likeness (QED) is 0.630. The van der Waals surface area contributed by atoms with Gasteiger partial charge in [0.05, 0.1) is 0 Å². The highest BCUT2D eigenvalue weighted by Gasteiger charge is 2.08. The molecule has 0 heterocycles. The van der Waals surface area contributed by atoms with Gasteiger partial charge < -0.3 is 10.6 Å². The van der Waals surface area contributed by atoms with Crippen molar-refractivity contribution in [3.63, 3.8) is 0 Å². The lowest BCUT2D eigenvalue weighted by Gasteiger charge is -2.05. The number of hydrogen-bond acceptors (Lipinski definition) is 3. The molecule has 25 heavy (non-hydrogen) atoms. The summed E-state index contributed by atoms with van der Waals surface area (Å²) in [5.74, 6) is -0.553. The van der Waals surface area contributed by atoms with Crippen molar-refractivity contribution in [2.24, 2.45) is 0 Å². The summed E-state index contributed by atoms with van der Waals surface area (Å²) in [4.78, 5) is 23.1. The van der Waals surface area contributed by atoms with Gasteiger partial charge in [-0.15, -0.1) is 0 Å². The highest BCUT2D eigenvalue weighted by Crippen LogP contribution is 2.12. The van der Waals surface area contributed by atoms with E-state index in [-0.39, 0.29) is 11.5 Å². The summed E-state index contributed by atoms with van der Waals surface area (Å²) in [5, 5.41) is 14.6. The van der Waals surface area contributed by atoms with E-state index in [1.54, 1.807) is 24.3 Å². The van der Waals surface area contributed by atoms with Crippen molar-refractivity contribution in [2.45, 2.75) is 13.3 Å². The van der Waals surface area contributed by atoms with Gasteiger partial charge in [0.15, 0.2) is 0 Å². The number of anilines is 1. The van der Waals surface area contributed by atoms with Crippen LogP contribution >= 0.6 is 0 Å². The molecule has 0 saturated heterocycles. The van der Waals surface area contributed by atoms with E-state index in [9.17, 15) is 14.9 Å². The van der Waals surface area contributed by atoms with E-state index in [0.29, 0.717) is 24.2 Å². The van der Waals surface area contributed by atoms with Crippen molar-refractivity contribution in [1.29, 1.82) is 5.26 Å². The Morgan fingerprint density at radius 2 is 1.76 bits per heavy atom. The first-order valence-electron chi connectivity index (χ1n) is 7.90. The number of amides is 2. The van der Waals surface area contributed by atoms with Crippen LogP contribution in [0.5, 0.6) is 0 Å². The standard InChI is InChI=1S/C20H19N3O2/c1-15(24)23-19-9-7-17(8-10-19)13-18(14-21)20(25)22-12-11-16-5-3-2-4-6-16/h2-10,13H,11-12H2,1H3,(H,22,25)(H,23,24)/b18-13-. The molecular weight excluding hydrogens is 314 g/mol. The molecule has 5 nitrogen and oxygen atoms in total. The fourth-order valence-corrected chi connectivity index (χ4v) is 2.24. The lowest BCUT2D eigenvalue weighted by molar-refractivity contribution is -0.117. The van der Waals surface area contributed by atoms with E-state index in [1.165, 1.54) is 13.0 Å². The third-order valence-electron chi connectivity index (χ3n) is 3.45. The van der Waals surface area contributed by atoms with Crippen LogP contribution in [-0.2, 0) is 16.0 Å². The summed E-state index contributed by atoms with van der Waals surface area (Å²) in [6.45, 7) is 1.89. The maximum Gasteiger partial charge on any atom is 0.261 e. The van der Waals surface area contributed by atoms with E-state index in [0.717, 1.165) is 5.56 Å². The lowest BCUT2D eigenvalue weighted by atomic mass is 10.1. The molecule has 2 aromatic rings. The molecule has 0 fully saturated rings. The topological polar surface area (TPSA) is 82.0 Å². The maximum absolute atomic E-state index is 12.1. The van der Waals surface area contributed by atoms with Crippen molar-refractivity contribution >= 4 is 23.6 Å². The summed E-state index contributed by atoms with van der Waals surface area (Å²) in [6.07, 6.45) is 2.23. The minimum atomic E-state index is -0.399. The van der Waals surface area contributed by atoms with Gasteiger partial charge in [-0.2, -0.15) is 5.26 Å². The number of nitriles is 1. The molecule has 0 spiro atoms. The highest BCUT2D eigenvalue weighted by atomic mass is 16.2. The predicted molar refractivity (Wildman–Crippen MR) is 97.5 cm³/mol. The maximum atomic E-state index is 12.1. The Hall–Kier alpha value is -3.39. The van der Waals surface area contributed by atoms with Gasteiger partial charge in [-0.05, 0) is 35.8 Å². The van der Waals surface area contributed by atoms with Crippen molar-refractivity contribution in [2.75, 3.05) is 11.9 Å². The highest BCUT2D eigenvalue weighted by molar-refractivity contribution is 6.01. The summed E-state index contributed by atoms with van der Waals surface area (Å²) in [6, 6.07) is 18.6. The first-order chi connectivity index (χ1) is 12.1. The van der Waals surface area contributed by atoms with Crippen LogP contribution in [0, 0.1) is 11.3 Å². The van der Waals surface area contributed by atoms with E-state index < -0.39 is 5.91 Å². The zero-order valence-corrected chi connectivity index (χ0v) is 14.0. The van der Waals surface area contributed by atoms with E-state index >= 15 is 0 Å². The summed E-state index contributed by atoms with van der Waals surface area (Å²) >= 11 is 0. The van der Waals surface area contributed by atoms with E-state index in [4.69, 9.17) is 0 Å². The second-order valence-electron chi connectivity index (χ2n) is 5.46. The van der Waals surface area contributed by atoms with Gasteiger partial charge in [-0.1, -0.05) is 42.5 Å². The van der Waals surface area contributed by atoms with Crippen molar-refractivity contribution in [3.8, 4) is 6.07 Å². The van der Waals surface area contributed by atoms with Crippen LogP contribution in [0.25, 0.3) is 6.08 Å². The molecule has 2 amide bonds. The summed E-state index contributed by atoms with van der Waals surface area (Å²) in [7, 11) is 0. The molecule has 0 saturated carbocycles. The number of benzene rings is 2. The number of carbonyl (C=O) groups excluding carboxylic acids is 2. The molecule has 126 valence electrons. The smallest absolute Gasteiger partial charge is 0.261 e. The molecule has 0 aliphatic rings. The fraction of sp³-hybridized carbons (Fsp3) is 0.150. The van der Waals surface area contributed by atoms with Crippen LogP contribution in [-0.4, -0.2) is 18.4 Å². The van der Waals surface area contributed by atoms with Crippen LogP contribution in [0.3, 0.4) is 0 Å². The molecule has 0 atom stereocenters. The molecule has 5 heteroatoms. The molecular formula is C20H19N3O2. The molecule has 0 unspecified atom stereocenters. The average molecular weight is 333 g/mol. The van der Waals surface area contributed by atoms with E-state index in [1.807, 2.05) is 36.4 Å². The third kappa shape index (κ3) is 5.96. The largest absolute Gasteiger partial charge is 0.351 e. The Bertz CT molecular complexity index is 803. The lowest BCUT2D eigenvalue weighted by Crippen LogP contribution is -2.26. The molecule has 0 aliphatic heterocycles. The number of carbonyl (C=O) groups is 2. The molecule has 2 rings (SSSR count). The van der Waals surface area contributed by atoms with Crippen molar-refractivity contribution in [3.05, 3.63) is 71.3 Å². The second-order valence-corrected chi connectivity index (χ2v) is 5.46. The van der Waals surface area contributed by atoms with Gasteiger partial charge in [0.1, 0.15) is 11.6 Å². The number of nitrogens with zero attached hydrogens (tertiary/aromatic N) is 1.